The fraction of sp³-hybridized carbons (Fsp3) is 0.400. The topological polar surface area (TPSA) is 79.4 Å². The van der Waals surface area contributed by atoms with Gasteiger partial charge in [-0.3, -0.25) is 4.79 Å². The van der Waals surface area contributed by atoms with Gasteiger partial charge in [-0.15, -0.1) is 0 Å². The lowest BCUT2D eigenvalue weighted by atomic mass is 9.96. The summed E-state index contributed by atoms with van der Waals surface area (Å²) in [6, 6.07) is 12.1. The van der Waals surface area contributed by atoms with Crippen LogP contribution in [-0.4, -0.2) is 44.7 Å². The average molecular weight is 422 g/mol. The fourth-order valence-corrected chi connectivity index (χ4v) is 4.73. The molecule has 1 saturated heterocycles. The molecule has 3 rings (SSSR count). The maximum absolute atomic E-state index is 12.4. The third-order valence-electron chi connectivity index (χ3n) is 4.89. The number of nitrogens with one attached hydrogen (secondary N) is 1. The zero-order chi connectivity index (χ0) is 20.0. The molecule has 2 heterocycles. The number of hydrogen-bond donors (Lipinski definition) is 1. The van der Waals surface area contributed by atoms with E-state index >= 15 is 0 Å². The maximum atomic E-state index is 12.4. The zero-order valence-corrected chi connectivity index (χ0v) is 17.1. The molecular weight excluding hydrogens is 398 g/mol. The molecule has 0 unspecified atom stereocenters. The SMILES string of the molecule is O=C(NCCCS(=O)(=O)c1ccccc1)C1CCN(c2ccc(Cl)cn2)CC1. The first kappa shape index (κ1) is 20.6. The molecule has 1 aromatic carbocycles. The predicted molar refractivity (Wildman–Crippen MR) is 110 cm³/mol. The molecule has 0 atom stereocenters. The predicted octanol–water partition coefficient (Wildman–Crippen LogP) is 2.93. The fourth-order valence-electron chi connectivity index (χ4n) is 3.29. The van der Waals surface area contributed by atoms with Gasteiger partial charge in [0.1, 0.15) is 5.82 Å². The minimum Gasteiger partial charge on any atom is -0.357 e. The Morgan fingerprint density at radius 2 is 1.86 bits per heavy atom. The first-order valence-electron chi connectivity index (χ1n) is 9.38. The third-order valence-corrected chi connectivity index (χ3v) is 6.93. The molecule has 6 nitrogen and oxygen atoms in total. The zero-order valence-electron chi connectivity index (χ0n) is 15.6. The molecule has 0 radical (unpaired) electrons. The molecule has 8 heteroatoms. The number of hydrogen-bond acceptors (Lipinski definition) is 5. The van der Waals surface area contributed by atoms with Crippen LogP contribution >= 0.6 is 11.6 Å². The van der Waals surface area contributed by atoms with Gasteiger partial charge in [-0.25, -0.2) is 13.4 Å². The number of carbonyl (C=O) groups excluding carboxylic acids is 1. The second-order valence-electron chi connectivity index (χ2n) is 6.87. The Morgan fingerprint density at radius 3 is 2.50 bits per heavy atom. The van der Waals surface area contributed by atoms with Crippen molar-refractivity contribution in [2.75, 3.05) is 30.3 Å². The lowest BCUT2D eigenvalue weighted by molar-refractivity contribution is -0.125. The van der Waals surface area contributed by atoms with Crippen molar-refractivity contribution in [2.24, 2.45) is 5.92 Å². The summed E-state index contributed by atoms with van der Waals surface area (Å²) in [5, 5.41) is 3.49. The van der Waals surface area contributed by atoms with Crippen LogP contribution in [0.15, 0.2) is 53.6 Å². The van der Waals surface area contributed by atoms with Crippen LogP contribution in [0.5, 0.6) is 0 Å². The number of nitrogens with zero attached hydrogens (tertiary/aromatic N) is 2. The summed E-state index contributed by atoms with van der Waals surface area (Å²) in [6.45, 7) is 1.88. The molecule has 150 valence electrons. The van der Waals surface area contributed by atoms with Gasteiger partial charge in [0.05, 0.1) is 15.7 Å². The molecule has 28 heavy (non-hydrogen) atoms. The monoisotopic (exact) mass is 421 g/mol. The van der Waals surface area contributed by atoms with Crippen LogP contribution in [0.25, 0.3) is 0 Å². The second kappa shape index (κ2) is 9.39. The van der Waals surface area contributed by atoms with Crippen molar-refractivity contribution >= 4 is 33.2 Å². The van der Waals surface area contributed by atoms with Crippen molar-refractivity contribution in [1.82, 2.24) is 10.3 Å². The molecule has 1 aromatic heterocycles. The van der Waals surface area contributed by atoms with E-state index < -0.39 is 9.84 Å². The molecule has 1 fully saturated rings. The maximum Gasteiger partial charge on any atom is 0.223 e. The largest absolute Gasteiger partial charge is 0.357 e. The Kier molecular flexibility index (Phi) is 6.91. The van der Waals surface area contributed by atoms with Gasteiger partial charge in [0.25, 0.3) is 0 Å². The number of pyridine rings is 1. The van der Waals surface area contributed by atoms with Crippen molar-refractivity contribution in [3.05, 3.63) is 53.7 Å². The summed E-state index contributed by atoms with van der Waals surface area (Å²) in [7, 11) is -3.30. The lowest BCUT2D eigenvalue weighted by Gasteiger charge is -2.32. The first-order valence-corrected chi connectivity index (χ1v) is 11.4. The van der Waals surface area contributed by atoms with E-state index in [2.05, 4.69) is 15.2 Å². The van der Waals surface area contributed by atoms with Crippen LogP contribution in [0, 0.1) is 5.92 Å². The Hall–Kier alpha value is -2.12. The van der Waals surface area contributed by atoms with Gasteiger partial charge in [0.2, 0.25) is 5.91 Å². The molecule has 0 spiro atoms. The van der Waals surface area contributed by atoms with Crippen LogP contribution in [0.3, 0.4) is 0 Å². The Morgan fingerprint density at radius 1 is 1.14 bits per heavy atom. The quantitative estimate of drug-likeness (QED) is 0.695. The number of amides is 1. The molecule has 1 amide bonds. The van der Waals surface area contributed by atoms with Crippen molar-refractivity contribution < 1.29 is 13.2 Å². The van der Waals surface area contributed by atoms with E-state index in [1.54, 1.807) is 36.5 Å². The second-order valence-corrected chi connectivity index (χ2v) is 9.42. The van der Waals surface area contributed by atoms with Gasteiger partial charge in [-0.05, 0) is 43.5 Å². The van der Waals surface area contributed by atoms with Crippen LogP contribution in [0.2, 0.25) is 5.02 Å². The molecule has 2 aromatic rings. The molecule has 1 N–H and O–H groups in total. The number of rotatable bonds is 7. The average Bonchev–Trinajstić information content (AvgIpc) is 2.72. The van der Waals surface area contributed by atoms with E-state index in [9.17, 15) is 13.2 Å². The van der Waals surface area contributed by atoms with Crippen molar-refractivity contribution in [2.45, 2.75) is 24.2 Å². The minimum atomic E-state index is -3.30. The highest BCUT2D eigenvalue weighted by molar-refractivity contribution is 7.91. The molecular formula is C20H24ClN3O3S. The van der Waals surface area contributed by atoms with Gasteiger partial charge in [0.15, 0.2) is 9.84 Å². The van der Waals surface area contributed by atoms with Crippen LogP contribution < -0.4 is 10.2 Å². The highest BCUT2D eigenvalue weighted by Crippen LogP contribution is 2.22. The summed E-state index contributed by atoms with van der Waals surface area (Å²) >= 11 is 5.87. The Bertz CT molecular complexity index is 881. The number of sulfone groups is 1. The van der Waals surface area contributed by atoms with E-state index in [0.29, 0.717) is 22.9 Å². The normalized spacial score (nSPS) is 15.4. The van der Waals surface area contributed by atoms with E-state index in [-0.39, 0.29) is 17.6 Å². The highest BCUT2D eigenvalue weighted by atomic mass is 35.5. The number of benzene rings is 1. The van der Waals surface area contributed by atoms with Crippen molar-refractivity contribution in [1.29, 1.82) is 0 Å². The third kappa shape index (κ3) is 5.45. The minimum absolute atomic E-state index is 0.000763. The molecule has 1 aliphatic heterocycles. The Balaban J connectivity index is 1.40. The molecule has 1 aliphatic rings. The summed E-state index contributed by atoms with van der Waals surface area (Å²) in [5.41, 5.74) is 0. The number of piperidine rings is 1. The lowest BCUT2D eigenvalue weighted by Crippen LogP contribution is -2.41. The van der Waals surface area contributed by atoms with E-state index in [1.165, 1.54) is 0 Å². The number of carbonyl (C=O) groups is 1. The van der Waals surface area contributed by atoms with Crippen LogP contribution in [-0.2, 0) is 14.6 Å². The standard InChI is InChI=1S/C20H24ClN3O3S/c21-17-7-8-19(23-15-17)24-12-9-16(10-13-24)20(25)22-11-4-14-28(26,27)18-5-2-1-3-6-18/h1-3,5-8,15-16H,4,9-14H2,(H,22,25). The first-order chi connectivity index (χ1) is 13.5. The summed E-state index contributed by atoms with van der Waals surface area (Å²) in [5.74, 6) is 0.849. The van der Waals surface area contributed by atoms with Gasteiger partial charge in [-0.1, -0.05) is 29.8 Å². The number of aromatic nitrogens is 1. The van der Waals surface area contributed by atoms with Gasteiger partial charge in [0, 0.05) is 31.7 Å². The van der Waals surface area contributed by atoms with Crippen molar-refractivity contribution in [3.8, 4) is 0 Å². The van der Waals surface area contributed by atoms with Gasteiger partial charge >= 0.3 is 0 Å². The molecule has 0 bridgehead atoms. The van der Waals surface area contributed by atoms with Crippen LogP contribution in [0.4, 0.5) is 5.82 Å². The van der Waals surface area contributed by atoms with Crippen LogP contribution in [0.1, 0.15) is 19.3 Å². The van der Waals surface area contributed by atoms with E-state index in [0.717, 1.165) is 31.7 Å². The number of anilines is 1. The van der Waals surface area contributed by atoms with Gasteiger partial charge in [-0.2, -0.15) is 0 Å². The summed E-state index contributed by atoms with van der Waals surface area (Å²) in [6.07, 6.45) is 3.52. The summed E-state index contributed by atoms with van der Waals surface area (Å²) < 4.78 is 24.5. The molecule has 0 saturated carbocycles. The highest BCUT2D eigenvalue weighted by Gasteiger charge is 2.25. The van der Waals surface area contributed by atoms with E-state index in [1.807, 2.05) is 12.1 Å². The van der Waals surface area contributed by atoms with Crippen molar-refractivity contribution in [3.63, 3.8) is 0 Å². The smallest absolute Gasteiger partial charge is 0.223 e. The van der Waals surface area contributed by atoms with E-state index in [4.69, 9.17) is 11.6 Å². The van der Waals surface area contributed by atoms with Gasteiger partial charge < -0.3 is 10.2 Å². The summed E-state index contributed by atoms with van der Waals surface area (Å²) in [4.78, 5) is 19.2. The number of halogens is 1. The Labute approximate surface area is 170 Å². The molecule has 0 aliphatic carbocycles.